The molecule has 148 valence electrons. The Kier molecular flexibility index (Phi) is 7.54. The Balaban J connectivity index is 0.00000280. The van der Waals surface area contributed by atoms with Crippen LogP contribution in [0.3, 0.4) is 0 Å². The SMILES string of the molecule is CC(C)Oc1cccc(CC(=O)Nc2ccc(-c3n[nH]c(CN)n3)cc2)c1.Cl. The zero-order valence-electron chi connectivity index (χ0n) is 15.8. The van der Waals surface area contributed by atoms with Crippen LogP contribution in [0.2, 0.25) is 0 Å². The molecule has 0 atom stereocenters. The second kappa shape index (κ2) is 9.87. The number of hydrogen-bond donors (Lipinski definition) is 3. The van der Waals surface area contributed by atoms with E-state index in [-0.39, 0.29) is 30.8 Å². The number of aromatic amines is 1. The summed E-state index contributed by atoms with van der Waals surface area (Å²) in [6, 6.07) is 14.9. The molecule has 7 nitrogen and oxygen atoms in total. The Morgan fingerprint density at radius 2 is 1.96 bits per heavy atom. The zero-order valence-corrected chi connectivity index (χ0v) is 16.6. The molecule has 0 bridgehead atoms. The first-order valence-corrected chi connectivity index (χ1v) is 8.80. The molecule has 28 heavy (non-hydrogen) atoms. The van der Waals surface area contributed by atoms with E-state index in [2.05, 4.69) is 20.5 Å². The number of benzene rings is 2. The lowest BCUT2D eigenvalue weighted by molar-refractivity contribution is -0.115. The fourth-order valence-corrected chi connectivity index (χ4v) is 2.61. The minimum Gasteiger partial charge on any atom is -0.491 e. The van der Waals surface area contributed by atoms with E-state index in [1.54, 1.807) is 0 Å². The molecule has 1 aromatic heterocycles. The van der Waals surface area contributed by atoms with Crippen molar-refractivity contribution in [2.75, 3.05) is 5.32 Å². The van der Waals surface area contributed by atoms with Gasteiger partial charge in [-0.15, -0.1) is 12.4 Å². The first-order valence-electron chi connectivity index (χ1n) is 8.80. The normalized spacial score (nSPS) is 10.4. The minimum atomic E-state index is -0.0900. The summed E-state index contributed by atoms with van der Waals surface area (Å²) in [5, 5.41) is 9.79. The van der Waals surface area contributed by atoms with E-state index in [1.165, 1.54) is 0 Å². The first kappa shape index (κ1) is 21.4. The van der Waals surface area contributed by atoms with Crippen molar-refractivity contribution in [2.24, 2.45) is 5.73 Å². The third-order valence-corrected chi connectivity index (χ3v) is 3.79. The van der Waals surface area contributed by atoms with Crippen LogP contribution < -0.4 is 15.8 Å². The molecular weight excluding hydrogens is 378 g/mol. The van der Waals surface area contributed by atoms with Crippen molar-refractivity contribution in [1.29, 1.82) is 0 Å². The van der Waals surface area contributed by atoms with Gasteiger partial charge in [0.1, 0.15) is 11.6 Å². The van der Waals surface area contributed by atoms with E-state index in [1.807, 2.05) is 62.4 Å². The summed E-state index contributed by atoms with van der Waals surface area (Å²) in [5.41, 5.74) is 7.99. The van der Waals surface area contributed by atoms with E-state index in [0.717, 1.165) is 16.9 Å². The van der Waals surface area contributed by atoms with Gasteiger partial charge in [-0.3, -0.25) is 9.89 Å². The lowest BCUT2D eigenvalue weighted by Crippen LogP contribution is -2.14. The fourth-order valence-electron chi connectivity index (χ4n) is 2.61. The Bertz CT molecular complexity index is 909. The van der Waals surface area contributed by atoms with Crippen molar-refractivity contribution in [3.05, 3.63) is 59.9 Å². The molecule has 0 saturated heterocycles. The largest absolute Gasteiger partial charge is 0.491 e. The van der Waals surface area contributed by atoms with Crippen molar-refractivity contribution < 1.29 is 9.53 Å². The summed E-state index contributed by atoms with van der Waals surface area (Å²) in [4.78, 5) is 16.6. The Labute approximate surface area is 170 Å². The van der Waals surface area contributed by atoms with Crippen molar-refractivity contribution >= 4 is 24.0 Å². The average molecular weight is 402 g/mol. The molecule has 0 aliphatic rings. The highest BCUT2D eigenvalue weighted by molar-refractivity contribution is 5.92. The van der Waals surface area contributed by atoms with E-state index in [0.29, 0.717) is 23.9 Å². The number of H-pyrrole nitrogens is 1. The third-order valence-electron chi connectivity index (χ3n) is 3.79. The molecule has 1 heterocycles. The number of anilines is 1. The number of carbonyl (C=O) groups excluding carboxylic acids is 1. The molecular formula is C20H24ClN5O2. The zero-order chi connectivity index (χ0) is 19.2. The summed E-state index contributed by atoms with van der Waals surface area (Å²) in [6.07, 6.45) is 0.371. The van der Waals surface area contributed by atoms with Crippen LogP contribution in [0, 0.1) is 0 Å². The maximum Gasteiger partial charge on any atom is 0.228 e. The number of ether oxygens (including phenoxy) is 1. The average Bonchev–Trinajstić information content (AvgIpc) is 3.11. The summed E-state index contributed by atoms with van der Waals surface area (Å²) in [7, 11) is 0. The quantitative estimate of drug-likeness (QED) is 0.563. The minimum absolute atomic E-state index is 0. The number of halogens is 1. The fraction of sp³-hybridized carbons (Fsp3) is 0.250. The van der Waals surface area contributed by atoms with Gasteiger partial charge in [0.15, 0.2) is 5.82 Å². The molecule has 0 radical (unpaired) electrons. The van der Waals surface area contributed by atoms with Gasteiger partial charge in [-0.1, -0.05) is 12.1 Å². The van der Waals surface area contributed by atoms with E-state index in [9.17, 15) is 4.79 Å². The molecule has 8 heteroatoms. The summed E-state index contributed by atoms with van der Waals surface area (Å²) in [6.45, 7) is 4.25. The summed E-state index contributed by atoms with van der Waals surface area (Å²) < 4.78 is 5.67. The van der Waals surface area contributed by atoms with E-state index >= 15 is 0 Å². The summed E-state index contributed by atoms with van der Waals surface area (Å²) in [5.74, 6) is 1.89. The van der Waals surface area contributed by atoms with E-state index in [4.69, 9.17) is 10.5 Å². The molecule has 0 aliphatic carbocycles. The topological polar surface area (TPSA) is 106 Å². The van der Waals surface area contributed by atoms with Crippen molar-refractivity contribution in [2.45, 2.75) is 32.9 Å². The van der Waals surface area contributed by atoms with Gasteiger partial charge in [0.05, 0.1) is 19.1 Å². The molecule has 3 aromatic rings. The monoisotopic (exact) mass is 401 g/mol. The molecule has 4 N–H and O–H groups in total. The van der Waals surface area contributed by atoms with Crippen LogP contribution >= 0.6 is 12.4 Å². The smallest absolute Gasteiger partial charge is 0.228 e. The van der Waals surface area contributed by atoms with Crippen molar-refractivity contribution in [1.82, 2.24) is 15.2 Å². The molecule has 1 amide bonds. The number of rotatable bonds is 7. The number of hydrogen-bond acceptors (Lipinski definition) is 5. The molecule has 2 aromatic carbocycles. The standard InChI is InChI=1S/C20H23N5O2.ClH/c1-13(2)27-17-5-3-4-14(10-17)11-19(26)22-16-8-6-15(7-9-16)20-23-18(12-21)24-25-20;/h3-10,13H,11-12,21H2,1-2H3,(H,22,26)(H,23,24,25);1H. The number of nitrogens with two attached hydrogens (primary N) is 1. The lowest BCUT2D eigenvalue weighted by Gasteiger charge is -2.11. The van der Waals surface area contributed by atoms with Gasteiger partial charge in [0.2, 0.25) is 5.91 Å². The third kappa shape index (κ3) is 5.80. The maximum absolute atomic E-state index is 12.3. The van der Waals surface area contributed by atoms with Gasteiger partial charge >= 0.3 is 0 Å². The van der Waals surface area contributed by atoms with Crippen molar-refractivity contribution in [3.8, 4) is 17.1 Å². The predicted octanol–water partition coefficient (Wildman–Crippen LogP) is 3.32. The number of carbonyl (C=O) groups is 1. The first-order chi connectivity index (χ1) is 13.0. The Morgan fingerprint density at radius 3 is 2.61 bits per heavy atom. The predicted molar refractivity (Wildman–Crippen MR) is 111 cm³/mol. The van der Waals surface area contributed by atoms with Crippen LogP contribution in [0.5, 0.6) is 5.75 Å². The van der Waals surface area contributed by atoms with Crippen LogP contribution in [0.15, 0.2) is 48.5 Å². The van der Waals surface area contributed by atoms with Gasteiger partial charge in [0.25, 0.3) is 0 Å². The van der Waals surface area contributed by atoms with Gasteiger partial charge in [-0.05, 0) is 55.8 Å². The molecule has 3 rings (SSSR count). The number of nitrogens with one attached hydrogen (secondary N) is 2. The molecule has 0 fully saturated rings. The Morgan fingerprint density at radius 1 is 1.21 bits per heavy atom. The van der Waals surface area contributed by atoms with Gasteiger partial charge in [-0.25, -0.2) is 4.98 Å². The lowest BCUT2D eigenvalue weighted by atomic mass is 10.1. The van der Waals surface area contributed by atoms with Crippen LogP contribution in [-0.4, -0.2) is 27.2 Å². The highest BCUT2D eigenvalue weighted by Crippen LogP contribution is 2.19. The van der Waals surface area contributed by atoms with Gasteiger partial charge in [0, 0.05) is 11.3 Å². The summed E-state index contributed by atoms with van der Waals surface area (Å²) >= 11 is 0. The van der Waals surface area contributed by atoms with Crippen LogP contribution in [0.1, 0.15) is 25.2 Å². The second-order valence-electron chi connectivity index (χ2n) is 6.43. The van der Waals surface area contributed by atoms with Gasteiger partial charge < -0.3 is 15.8 Å². The molecule has 0 aliphatic heterocycles. The maximum atomic E-state index is 12.3. The molecule has 0 unspecified atom stereocenters. The number of amides is 1. The van der Waals surface area contributed by atoms with Crippen LogP contribution in [0.4, 0.5) is 5.69 Å². The molecule has 0 spiro atoms. The Hall–Kier alpha value is -2.90. The van der Waals surface area contributed by atoms with Crippen molar-refractivity contribution in [3.63, 3.8) is 0 Å². The highest BCUT2D eigenvalue weighted by Gasteiger charge is 2.08. The number of aromatic nitrogens is 3. The number of nitrogens with zero attached hydrogens (tertiary/aromatic N) is 2. The van der Waals surface area contributed by atoms with Crippen LogP contribution in [0.25, 0.3) is 11.4 Å². The van der Waals surface area contributed by atoms with Crippen LogP contribution in [-0.2, 0) is 17.8 Å². The van der Waals surface area contributed by atoms with Gasteiger partial charge in [-0.2, -0.15) is 5.10 Å². The second-order valence-corrected chi connectivity index (χ2v) is 6.43. The molecule has 0 saturated carbocycles. The van der Waals surface area contributed by atoms with E-state index < -0.39 is 0 Å². The highest BCUT2D eigenvalue weighted by atomic mass is 35.5.